The lowest BCUT2D eigenvalue weighted by Crippen LogP contribution is -2.27. The summed E-state index contributed by atoms with van der Waals surface area (Å²) in [5.41, 5.74) is 1.55. The van der Waals surface area contributed by atoms with Crippen LogP contribution in [0.1, 0.15) is 39.4 Å². The highest BCUT2D eigenvalue weighted by molar-refractivity contribution is 5.95. The quantitative estimate of drug-likeness (QED) is 0.850. The van der Waals surface area contributed by atoms with Gasteiger partial charge in [-0.15, -0.1) is 0 Å². The average molecular weight is 362 g/mol. The lowest BCUT2D eigenvalue weighted by Gasteiger charge is -2.15. The van der Waals surface area contributed by atoms with Gasteiger partial charge in [-0.2, -0.15) is 13.2 Å². The predicted octanol–water partition coefficient (Wildman–Crippen LogP) is 3.75. The number of amides is 1. The molecule has 0 aromatic heterocycles. The Morgan fingerprint density at radius 3 is 2.69 bits per heavy atom. The standard InChI is InChI=1S/C20H21F3N2O/c21-20(22,23)16-5-3-4-14(12-16)8-11-25-19(26)18-7-2-1-6-17(18)15-9-10-24-13-15/h1-7,12,15,24H,8-11,13H2,(H,25,26)/t15-/m1/s1. The highest BCUT2D eigenvalue weighted by Crippen LogP contribution is 2.29. The molecule has 0 saturated carbocycles. The average Bonchev–Trinajstić information content (AvgIpc) is 3.16. The first-order valence-electron chi connectivity index (χ1n) is 8.69. The molecule has 0 bridgehead atoms. The van der Waals surface area contributed by atoms with Crippen LogP contribution in [0.4, 0.5) is 13.2 Å². The summed E-state index contributed by atoms with van der Waals surface area (Å²) in [6.45, 7) is 2.09. The van der Waals surface area contributed by atoms with Crippen molar-refractivity contribution in [3.63, 3.8) is 0 Å². The number of hydrogen-bond donors (Lipinski definition) is 2. The van der Waals surface area contributed by atoms with Gasteiger partial charge in [-0.3, -0.25) is 4.79 Å². The second-order valence-electron chi connectivity index (χ2n) is 6.48. The number of rotatable bonds is 5. The van der Waals surface area contributed by atoms with E-state index in [2.05, 4.69) is 10.6 Å². The summed E-state index contributed by atoms with van der Waals surface area (Å²) in [5.74, 6) is 0.139. The Bertz CT molecular complexity index is 768. The van der Waals surface area contributed by atoms with Gasteiger partial charge in [0.05, 0.1) is 5.56 Å². The summed E-state index contributed by atoms with van der Waals surface area (Å²) in [4.78, 5) is 12.5. The van der Waals surface area contributed by atoms with Crippen LogP contribution in [0, 0.1) is 0 Å². The molecular weight excluding hydrogens is 341 g/mol. The van der Waals surface area contributed by atoms with Gasteiger partial charge in [-0.05, 0) is 48.6 Å². The third-order valence-corrected chi connectivity index (χ3v) is 4.66. The summed E-state index contributed by atoms with van der Waals surface area (Å²) in [5, 5.41) is 6.12. The van der Waals surface area contributed by atoms with Crippen molar-refractivity contribution in [2.24, 2.45) is 0 Å². The van der Waals surface area contributed by atoms with Crippen LogP contribution in [-0.2, 0) is 12.6 Å². The molecule has 1 fully saturated rings. The van der Waals surface area contributed by atoms with Crippen LogP contribution in [-0.4, -0.2) is 25.5 Å². The molecule has 6 heteroatoms. The van der Waals surface area contributed by atoms with E-state index in [1.54, 1.807) is 12.1 Å². The monoisotopic (exact) mass is 362 g/mol. The first-order chi connectivity index (χ1) is 12.4. The highest BCUT2D eigenvalue weighted by Gasteiger charge is 2.30. The molecule has 0 radical (unpaired) electrons. The van der Waals surface area contributed by atoms with Gasteiger partial charge in [-0.25, -0.2) is 0 Å². The molecule has 1 heterocycles. The molecule has 138 valence electrons. The van der Waals surface area contributed by atoms with E-state index in [0.29, 0.717) is 23.5 Å². The minimum Gasteiger partial charge on any atom is -0.352 e. The number of carbonyl (C=O) groups is 1. The summed E-state index contributed by atoms with van der Waals surface area (Å²) >= 11 is 0. The van der Waals surface area contributed by atoms with Crippen LogP contribution in [0.5, 0.6) is 0 Å². The molecule has 0 spiro atoms. The van der Waals surface area contributed by atoms with Crippen LogP contribution in [0.25, 0.3) is 0 Å². The van der Waals surface area contributed by atoms with E-state index in [4.69, 9.17) is 0 Å². The maximum atomic E-state index is 12.8. The summed E-state index contributed by atoms with van der Waals surface area (Å²) in [6.07, 6.45) is -3.01. The van der Waals surface area contributed by atoms with Crippen molar-refractivity contribution in [3.8, 4) is 0 Å². The smallest absolute Gasteiger partial charge is 0.352 e. The van der Waals surface area contributed by atoms with E-state index in [9.17, 15) is 18.0 Å². The maximum Gasteiger partial charge on any atom is 0.416 e. The molecule has 1 aliphatic rings. The third-order valence-electron chi connectivity index (χ3n) is 4.66. The third kappa shape index (κ3) is 4.43. The van der Waals surface area contributed by atoms with Crippen molar-refractivity contribution in [2.45, 2.75) is 24.9 Å². The van der Waals surface area contributed by atoms with Crippen molar-refractivity contribution in [2.75, 3.05) is 19.6 Å². The second-order valence-corrected chi connectivity index (χ2v) is 6.48. The molecule has 1 atom stereocenters. The van der Waals surface area contributed by atoms with Gasteiger partial charge in [0, 0.05) is 18.7 Å². The Morgan fingerprint density at radius 1 is 1.15 bits per heavy atom. The summed E-state index contributed by atoms with van der Waals surface area (Å²) < 4.78 is 38.3. The molecule has 2 aromatic carbocycles. The topological polar surface area (TPSA) is 41.1 Å². The molecule has 0 unspecified atom stereocenters. The number of benzene rings is 2. The van der Waals surface area contributed by atoms with Crippen molar-refractivity contribution in [1.29, 1.82) is 0 Å². The molecule has 3 nitrogen and oxygen atoms in total. The zero-order valence-electron chi connectivity index (χ0n) is 14.3. The van der Waals surface area contributed by atoms with Crippen molar-refractivity contribution in [3.05, 3.63) is 70.8 Å². The first-order valence-corrected chi connectivity index (χ1v) is 8.69. The van der Waals surface area contributed by atoms with Crippen LogP contribution < -0.4 is 10.6 Å². The molecule has 2 aromatic rings. The summed E-state index contributed by atoms with van der Waals surface area (Å²) in [7, 11) is 0. The molecular formula is C20H21F3N2O. The zero-order chi connectivity index (χ0) is 18.6. The number of halogens is 3. The number of carbonyl (C=O) groups excluding carboxylic acids is 1. The fourth-order valence-corrected chi connectivity index (χ4v) is 3.30. The fraction of sp³-hybridized carbons (Fsp3) is 0.350. The van der Waals surface area contributed by atoms with Crippen LogP contribution in [0.2, 0.25) is 0 Å². The van der Waals surface area contributed by atoms with Crippen LogP contribution in [0.15, 0.2) is 48.5 Å². The van der Waals surface area contributed by atoms with Crippen molar-refractivity contribution >= 4 is 5.91 Å². The molecule has 2 N–H and O–H groups in total. The largest absolute Gasteiger partial charge is 0.416 e. The Balaban J connectivity index is 1.62. The Hall–Kier alpha value is -2.34. The van der Waals surface area contributed by atoms with E-state index in [1.165, 1.54) is 6.07 Å². The number of hydrogen-bond acceptors (Lipinski definition) is 2. The molecule has 26 heavy (non-hydrogen) atoms. The Morgan fingerprint density at radius 2 is 1.96 bits per heavy atom. The normalized spacial score (nSPS) is 17.3. The van der Waals surface area contributed by atoms with Gasteiger partial charge in [0.2, 0.25) is 0 Å². The minimum atomic E-state index is -4.35. The van der Waals surface area contributed by atoms with Crippen LogP contribution in [0.3, 0.4) is 0 Å². The van der Waals surface area contributed by atoms with E-state index in [-0.39, 0.29) is 12.5 Å². The lowest BCUT2D eigenvalue weighted by atomic mass is 9.93. The van der Waals surface area contributed by atoms with E-state index >= 15 is 0 Å². The predicted molar refractivity (Wildman–Crippen MR) is 94.2 cm³/mol. The SMILES string of the molecule is O=C(NCCc1cccc(C(F)(F)F)c1)c1ccccc1[C@@H]1CCNC1. The van der Waals surface area contributed by atoms with Gasteiger partial charge in [-0.1, -0.05) is 36.4 Å². The lowest BCUT2D eigenvalue weighted by molar-refractivity contribution is -0.137. The van der Waals surface area contributed by atoms with Gasteiger partial charge >= 0.3 is 6.18 Å². The van der Waals surface area contributed by atoms with Crippen LogP contribution >= 0.6 is 0 Å². The Labute approximate surface area is 150 Å². The Kier molecular flexibility index (Phi) is 5.61. The van der Waals surface area contributed by atoms with Gasteiger partial charge in [0.1, 0.15) is 0 Å². The van der Waals surface area contributed by atoms with Crippen molar-refractivity contribution < 1.29 is 18.0 Å². The zero-order valence-corrected chi connectivity index (χ0v) is 14.3. The molecule has 1 amide bonds. The molecule has 1 saturated heterocycles. The van der Waals surface area contributed by atoms with Crippen molar-refractivity contribution in [1.82, 2.24) is 10.6 Å². The number of nitrogens with one attached hydrogen (secondary N) is 2. The second kappa shape index (κ2) is 7.91. The van der Waals surface area contributed by atoms with E-state index < -0.39 is 11.7 Å². The first kappa shape index (κ1) is 18.5. The molecule has 1 aliphatic heterocycles. The highest BCUT2D eigenvalue weighted by atomic mass is 19.4. The summed E-state index contributed by atoms with van der Waals surface area (Å²) in [6, 6.07) is 12.7. The van der Waals surface area contributed by atoms with E-state index in [1.807, 2.05) is 18.2 Å². The molecule has 3 rings (SSSR count). The number of alkyl halides is 3. The van der Waals surface area contributed by atoms with Gasteiger partial charge < -0.3 is 10.6 Å². The minimum absolute atomic E-state index is 0.181. The van der Waals surface area contributed by atoms with Gasteiger partial charge in [0.25, 0.3) is 5.91 Å². The maximum absolute atomic E-state index is 12.8. The fourth-order valence-electron chi connectivity index (χ4n) is 3.30. The van der Waals surface area contributed by atoms with Gasteiger partial charge in [0.15, 0.2) is 0 Å². The van der Waals surface area contributed by atoms with E-state index in [0.717, 1.165) is 37.2 Å². The molecule has 0 aliphatic carbocycles.